The number of rotatable bonds is 10. The lowest BCUT2D eigenvalue weighted by atomic mass is 10.1. The molecule has 0 bridgehead atoms. The number of amidine groups is 1. The number of carbonyl (C=O) groups is 3. The quantitative estimate of drug-likeness (QED) is 0.0787. The number of carboxylic acid groups (broad SMARTS) is 1. The number of carbonyl (C=O) groups excluding carboxylic acids is 2. The van der Waals surface area contributed by atoms with Crippen molar-refractivity contribution in [1.29, 1.82) is 5.41 Å². The van der Waals surface area contributed by atoms with Gasteiger partial charge in [0.15, 0.2) is 0 Å². The molecule has 0 spiro atoms. The van der Waals surface area contributed by atoms with Crippen LogP contribution in [0.15, 0.2) is 52.9 Å². The van der Waals surface area contributed by atoms with E-state index in [0.717, 1.165) is 10.8 Å². The first-order valence-electron chi connectivity index (χ1n) is 11.8. The summed E-state index contributed by atoms with van der Waals surface area (Å²) in [5.74, 6) is -3.62. The minimum atomic E-state index is -4.62. The fourth-order valence-electron chi connectivity index (χ4n) is 4.35. The summed E-state index contributed by atoms with van der Waals surface area (Å²) in [6.07, 6.45) is 1.02. The molecule has 1 fully saturated rings. The van der Waals surface area contributed by atoms with Gasteiger partial charge in [0.25, 0.3) is 10.1 Å². The average molecular weight is 559 g/mol. The van der Waals surface area contributed by atoms with Crippen LogP contribution >= 0.6 is 0 Å². The van der Waals surface area contributed by atoms with E-state index in [9.17, 15) is 27.9 Å². The van der Waals surface area contributed by atoms with E-state index >= 15 is 0 Å². The Bertz CT molecular complexity index is 1550. The summed E-state index contributed by atoms with van der Waals surface area (Å²) in [7, 11) is -4.62. The number of likely N-dealkylation sites (tertiary alicyclic amines) is 1. The summed E-state index contributed by atoms with van der Waals surface area (Å²) >= 11 is 0. The third kappa shape index (κ3) is 6.98. The molecule has 206 valence electrons. The maximum Gasteiger partial charge on any atom is 0.379 e. The number of ether oxygens (including phenoxy) is 1. The fourth-order valence-corrected chi connectivity index (χ4v) is 5.00. The van der Waals surface area contributed by atoms with Gasteiger partial charge >= 0.3 is 11.9 Å². The van der Waals surface area contributed by atoms with Gasteiger partial charge in [-0.2, -0.15) is 8.42 Å². The Kier molecular flexibility index (Phi) is 7.99. The number of carboxylic acids is 1. The van der Waals surface area contributed by atoms with Crippen LogP contribution < -0.4 is 15.8 Å². The monoisotopic (exact) mass is 558 g/mol. The lowest BCUT2D eigenvalue weighted by Crippen LogP contribution is -2.51. The van der Waals surface area contributed by atoms with Crippen molar-refractivity contribution in [2.75, 3.05) is 12.3 Å². The van der Waals surface area contributed by atoms with E-state index in [4.69, 9.17) is 24.8 Å². The maximum absolute atomic E-state index is 12.7. The molecule has 14 heteroatoms. The fraction of sp³-hybridized carbons (Fsp3) is 0.280. The number of fused-ring (bicyclic) bond motifs is 1. The molecule has 0 saturated carbocycles. The van der Waals surface area contributed by atoms with Crippen molar-refractivity contribution >= 4 is 44.6 Å². The van der Waals surface area contributed by atoms with Gasteiger partial charge in [0.05, 0.1) is 12.6 Å². The van der Waals surface area contributed by atoms with Crippen molar-refractivity contribution in [3.8, 4) is 5.75 Å². The molecule has 4 rings (SSSR count). The normalized spacial score (nSPS) is 16.6. The number of nitrogens with two attached hydrogens (primary N) is 1. The van der Waals surface area contributed by atoms with Gasteiger partial charge in [0.1, 0.15) is 29.1 Å². The van der Waals surface area contributed by atoms with Crippen LogP contribution in [0.5, 0.6) is 5.75 Å². The minimum absolute atomic E-state index is 0.0523. The van der Waals surface area contributed by atoms with Crippen LogP contribution in [0.4, 0.5) is 0 Å². The molecule has 6 N–H and O–H groups in total. The van der Waals surface area contributed by atoms with Crippen molar-refractivity contribution in [1.82, 2.24) is 10.2 Å². The molecule has 0 aliphatic carbocycles. The zero-order valence-corrected chi connectivity index (χ0v) is 21.3. The molecule has 13 nitrogen and oxygen atoms in total. The van der Waals surface area contributed by atoms with Crippen LogP contribution in [-0.4, -0.2) is 71.0 Å². The summed E-state index contributed by atoms with van der Waals surface area (Å²) in [6, 6.07) is 10.7. The molecule has 2 aromatic carbocycles. The molecule has 3 aromatic rings. The van der Waals surface area contributed by atoms with E-state index in [1.54, 1.807) is 47.4 Å². The van der Waals surface area contributed by atoms with Gasteiger partial charge < -0.3 is 25.3 Å². The number of nitrogen functional groups attached to an aromatic ring is 1. The van der Waals surface area contributed by atoms with E-state index < -0.39 is 45.8 Å². The lowest BCUT2D eigenvalue weighted by Gasteiger charge is -2.24. The van der Waals surface area contributed by atoms with Gasteiger partial charge in [0, 0.05) is 5.56 Å². The van der Waals surface area contributed by atoms with Crippen LogP contribution in [-0.2, 0) is 26.3 Å². The van der Waals surface area contributed by atoms with E-state index in [-0.39, 0.29) is 23.9 Å². The number of nitrogens with one attached hydrogen (secondary N) is 2. The molecule has 2 heterocycles. The Labute approximate surface area is 222 Å². The van der Waals surface area contributed by atoms with Crippen LogP contribution in [0.2, 0.25) is 0 Å². The number of hydrogen-bond acceptors (Lipinski definition) is 9. The van der Waals surface area contributed by atoms with E-state index in [2.05, 4.69) is 5.32 Å². The Morgan fingerprint density at radius 3 is 2.56 bits per heavy atom. The number of furan rings is 1. The first kappa shape index (κ1) is 27.8. The molecule has 39 heavy (non-hydrogen) atoms. The summed E-state index contributed by atoms with van der Waals surface area (Å²) in [6.45, 7) is 0.618. The van der Waals surface area contributed by atoms with Gasteiger partial charge in [-0.3, -0.25) is 19.7 Å². The topological polar surface area (TPSA) is 213 Å². The molecule has 0 radical (unpaired) electrons. The molecule has 2 atom stereocenters. The Hall–Kier alpha value is -4.27. The average Bonchev–Trinajstić information content (AvgIpc) is 3.52. The van der Waals surface area contributed by atoms with Gasteiger partial charge in [0.2, 0.25) is 11.7 Å². The smallest absolute Gasteiger partial charge is 0.379 e. The predicted molar refractivity (Wildman–Crippen MR) is 138 cm³/mol. The summed E-state index contributed by atoms with van der Waals surface area (Å²) < 4.78 is 42.2. The van der Waals surface area contributed by atoms with Gasteiger partial charge in [-0.05, 0) is 60.5 Å². The maximum atomic E-state index is 12.7. The number of nitrogens with zero attached hydrogens (tertiary/aromatic N) is 1. The molecule has 0 unspecified atom stereocenters. The first-order chi connectivity index (χ1) is 18.4. The summed E-state index contributed by atoms with van der Waals surface area (Å²) in [5, 5.41) is 20.5. The standard InChI is InChI=1S/C25H26N4O9S/c26-22(27)16-4-3-15-11-17(6-5-14(15)10-16)38-25(33)21-8-7-18(37-21)12-29-9-1-2-20(29)23(30)28-19(24(31)32)13-39(34,35)36/h3-8,10-11,19-20H,1-2,9,12-13H2,(H3,26,27)(H,28,30)(H,31,32)(H,34,35,36)/t19-,20+/m0/s1. The van der Waals surface area contributed by atoms with E-state index in [1.807, 2.05) is 0 Å². The Morgan fingerprint density at radius 1 is 1.15 bits per heavy atom. The second-order valence-electron chi connectivity index (χ2n) is 9.07. The second kappa shape index (κ2) is 11.2. The number of benzene rings is 2. The lowest BCUT2D eigenvalue weighted by molar-refractivity contribution is -0.142. The molecular formula is C25H26N4O9S. The van der Waals surface area contributed by atoms with Crippen LogP contribution in [0.1, 0.15) is 34.7 Å². The zero-order valence-electron chi connectivity index (χ0n) is 20.5. The highest BCUT2D eigenvalue weighted by Crippen LogP contribution is 2.25. The Morgan fingerprint density at radius 2 is 1.87 bits per heavy atom. The number of aliphatic carboxylic acids is 1. The van der Waals surface area contributed by atoms with Crippen LogP contribution in [0.3, 0.4) is 0 Å². The number of hydrogen-bond donors (Lipinski definition) is 5. The molecule has 1 saturated heterocycles. The second-order valence-corrected chi connectivity index (χ2v) is 10.6. The molecule has 1 aromatic heterocycles. The molecule has 1 amide bonds. The van der Waals surface area contributed by atoms with Crippen molar-refractivity contribution in [2.45, 2.75) is 31.5 Å². The molecule has 1 aliphatic rings. The number of esters is 1. The van der Waals surface area contributed by atoms with Crippen molar-refractivity contribution in [2.24, 2.45) is 5.73 Å². The number of amides is 1. The molecular weight excluding hydrogens is 532 g/mol. The highest BCUT2D eigenvalue weighted by atomic mass is 32.2. The van der Waals surface area contributed by atoms with Gasteiger partial charge in [-0.15, -0.1) is 0 Å². The van der Waals surface area contributed by atoms with Gasteiger partial charge in [-0.1, -0.05) is 18.2 Å². The van der Waals surface area contributed by atoms with Crippen molar-refractivity contribution in [3.63, 3.8) is 0 Å². The van der Waals surface area contributed by atoms with Crippen LogP contribution in [0.25, 0.3) is 10.8 Å². The van der Waals surface area contributed by atoms with E-state index in [1.165, 1.54) is 6.07 Å². The van der Waals surface area contributed by atoms with Crippen LogP contribution in [0, 0.1) is 5.41 Å². The first-order valence-corrected chi connectivity index (χ1v) is 13.4. The highest BCUT2D eigenvalue weighted by Gasteiger charge is 2.35. The Balaban J connectivity index is 1.39. The van der Waals surface area contributed by atoms with Crippen molar-refractivity contribution < 1.29 is 41.6 Å². The molecule has 1 aliphatic heterocycles. The van der Waals surface area contributed by atoms with E-state index in [0.29, 0.717) is 30.7 Å². The summed E-state index contributed by atoms with van der Waals surface area (Å²) in [4.78, 5) is 38.4. The third-order valence-electron chi connectivity index (χ3n) is 6.21. The minimum Gasteiger partial charge on any atom is -0.480 e. The predicted octanol–water partition coefficient (Wildman–Crippen LogP) is 1.36. The van der Waals surface area contributed by atoms with Crippen molar-refractivity contribution in [3.05, 3.63) is 65.6 Å². The zero-order chi connectivity index (χ0) is 28.3. The summed E-state index contributed by atoms with van der Waals surface area (Å²) in [5.41, 5.74) is 6.10. The largest absolute Gasteiger partial charge is 0.480 e. The van der Waals surface area contributed by atoms with Gasteiger partial charge in [-0.25, -0.2) is 9.59 Å². The third-order valence-corrected chi connectivity index (χ3v) is 6.97. The SMILES string of the molecule is N=C(N)c1ccc2cc(OC(=O)c3ccc(CN4CCC[C@@H]4C(=O)N[C@@H](CS(=O)(=O)O)C(=O)O)o3)ccc2c1. The highest BCUT2D eigenvalue weighted by molar-refractivity contribution is 7.85.